The molecule has 2 aromatic rings. The molecule has 0 amide bonds. The van der Waals surface area contributed by atoms with Crippen LogP contribution in [0.15, 0.2) is 48.5 Å². The molecule has 0 aliphatic rings. The highest BCUT2D eigenvalue weighted by atomic mass is 35.5. The number of ether oxygens (including phenoxy) is 2. The first-order chi connectivity index (χ1) is 10.2. The molecule has 21 heavy (non-hydrogen) atoms. The molecule has 0 atom stereocenters. The van der Waals surface area contributed by atoms with Gasteiger partial charge < -0.3 is 14.6 Å². The lowest BCUT2D eigenvalue weighted by Gasteiger charge is -2.09. The Hall–Kier alpha value is -2.20. The van der Waals surface area contributed by atoms with Crippen molar-refractivity contribution in [2.24, 2.45) is 0 Å². The molecule has 0 saturated carbocycles. The van der Waals surface area contributed by atoms with Gasteiger partial charge in [0.25, 0.3) is 0 Å². The van der Waals surface area contributed by atoms with Crippen LogP contribution in [0.1, 0.15) is 16.8 Å². The molecule has 2 aromatic carbocycles. The zero-order chi connectivity index (χ0) is 15.1. The van der Waals surface area contributed by atoms with Gasteiger partial charge in [0, 0.05) is 6.42 Å². The van der Waals surface area contributed by atoms with Crippen LogP contribution in [-0.2, 0) is 0 Å². The van der Waals surface area contributed by atoms with Crippen molar-refractivity contribution in [1.29, 1.82) is 0 Å². The SMILES string of the molecule is O=C(O)c1cc(OCCCOc2ccccc2)ccc1Cl. The molecule has 4 nitrogen and oxygen atoms in total. The summed E-state index contributed by atoms with van der Waals surface area (Å²) in [7, 11) is 0. The number of rotatable bonds is 7. The van der Waals surface area contributed by atoms with E-state index in [0.717, 1.165) is 5.75 Å². The minimum absolute atomic E-state index is 0.0368. The fourth-order valence-corrected chi connectivity index (χ4v) is 1.91. The van der Waals surface area contributed by atoms with Crippen LogP contribution < -0.4 is 9.47 Å². The van der Waals surface area contributed by atoms with Crippen molar-refractivity contribution in [3.8, 4) is 11.5 Å². The van der Waals surface area contributed by atoms with E-state index >= 15 is 0 Å². The monoisotopic (exact) mass is 306 g/mol. The number of carboxylic acids is 1. The number of benzene rings is 2. The van der Waals surface area contributed by atoms with Crippen LogP contribution in [0.5, 0.6) is 11.5 Å². The highest BCUT2D eigenvalue weighted by Crippen LogP contribution is 2.22. The van der Waals surface area contributed by atoms with Gasteiger partial charge in [0.15, 0.2) is 0 Å². The van der Waals surface area contributed by atoms with Gasteiger partial charge in [-0.3, -0.25) is 0 Å². The highest BCUT2D eigenvalue weighted by Gasteiger charge is 2.09. The summed E-state index contributed by atoms with van der Waals surface area (Å²) in [5.41, 5.74) is 0.0368. The number of hydrogen-bond donors (Lipinski definition) is 1. The van der Waals surface area contributed by atoms with Gasteiger partial charge in [-0.2, -0.15) is 0 Å². The Labute approximate surface area is 127 Å². The summed E-state index contributed by atoms with van der Waals surface area (Å²) in [5, 5.41) is 9.16. The number of hydrogen-bond acceptors (Lipinski definition) is 3. The van der Waals surface area contributed by atoms with Gasteiger partial charge in [-0.05, 0) is 30.3 Å². The topological polar surface area (TPSA) is 55.8 Å². The largest absolute Gasteiger partial charge is 0.493 e. The second kappa shape index (κ2) is 7.55. The fourth-order valence-electron chi connectivity index (χ4n) is 1.71. The van der Waals surface area contributed by atoms with E-state index in [1.165, 1.54) is 12.1 Å². The Morgan fingerprint density at radius 2 is 1.67 bits per heavy atom. The van der Waals surface area contributed by atoms with E-state index in [-0.39, 0.29) is 10.6 Å². The molecule has 2 rings (SSSR count). The average Bonchev–Trinajstić information content (AvgIpc) is 2.49. The van der Waals surface area contributed by atoms with E-state index in [9.17, 15) is 4.79 Å². The molecule has 0 aliphatic heterocycles. The predicted molar refractivity (Wildman–Crippen MR) is 80.5 cm³/mol. The fraction of sp³-hybridized carbons (Fsp3) is 0.188. The number of aromatic carboxylic acids is 1. The predicted octanol–water partition coefficient (Wildman–Crippen LogP) is 3.89. The van der Waals surface area contributed by atoms with Crippen LogP contribution in [-0.4, -0.2) is 24.3 Å². The van der Waals surface area contributed by atoms with Crippen molar-refractivity contribution < 1.29 is 19.4 Å². The maximum absolute atomic E-state index is 10.9. The lowest BCUT2D eigenvalue weighted by Crippen LogP contribution is -2.05. The van der Waals surface area contributed by atoms with Crippen molar-refractivity contribution in [3.63, 3.8) is 0 Å². The molecule has 0 heterocycles. The second-order valence-electron chi connectivity index (χ2n) is 4.31. The number of carboxylic acid groups (broad SMARTS) is 1. The van der Waals surface area contributed by atoms with Crippen LogP contribution in [0.25, 0.3) is 0 Å². The van der Waals surface area contributed by atoms with E-state index in [1.54, 1.807) is 6.07 Å². The van der Waals surface area contributed by atoms with Gasteiger partial charge in [-0.1, -0.05) is 29.8 Å². The molecule has 0 fully saturated rings. The Balaban J connectivity index is 1.76. The minimum atomic E-state index is -1.07. The molecule has 0 aliphatic carbocycles. The van der Waals surface area contributed by atoms with Crippen molar-refractivity contribution in [1.82, 2.24) is 0 Å². The maximum atomic E-state index is 10.9. The lowest BCUT2D eigenvalue weighted by atomic mass is 10.2. The standard InChI is InChI=1S/C16H15ClO4/c17-15-8-7-13(11-14(15)16(18)19)21-10-4-9-20-12-5-2-1-3-6-12/h1-3,5-8,11H,4,9-10H2,(H,18,19). The Morgan fingerprint density at radius 1 is 1.00 bits per heavy atom. The van der Waals surface area contributed by atoms with Gasteiger partial charge in [0.1, 0.15) is 11.5 Å². The molecule has 0 radical (unpaired) electrons. The third kappa shape index (κ3) is 4.68. The second-order valence-corrected chi connectivity index (χ2v) is 4.72. The molecular formula is C16H15ClO4. The molecular weight excluding hydrogens is 292 g/mol. The Bertz CT molecular complexity index is 598. The van der Waals surface area contributed by atoms with Crippen LogP contribution in [0.2, 0.25) is 5.02 Å². The molecule has 0 saturated heterocycles. The summed E-state index contributed by atoms with van der Waals surface area (Å²) < 4.78 is 11.0. The summed E-state index contributed by atoms with van der Waals surface area (Å²) in [6, 6.07) is 14.1. The van der Waals surface area contributed by atoms with Crippen molar-refractivity contribution in [3.05, 3.63) is 59.1 Å². The number of carbonyl (C=O) groups is 1. The lowest BCUT2D eigenvalue weighted by molar-refractivity contribution is 0.0696. The Morgan fingerprint density at radius 3 is 2.33 bits per heavy atom. The third-order valence-electron chi connectivity index (χ3n) is 2.74. The smallest absolute Gasteiger partial charge is 0.337 e. The van der Waals surface area contributed by atoms with Crippen LogP contribution in [0.3, 0.4) is 0 Å². The van der Waals surface area contributed by atoms with Crippen LogP contribution in [0.4, 0.5) is 0 Å². The van der Waals surface area contributed by atoms with E-state index in [4.69, 9.17) is 26.2 Å². The van der Waals surface area contributed by atoms with Gasteiger partial charge >= 0.3 is 5.97 Å². The quantitative estimate of drug-likeness (QED) is 0.789. The summed E-state index contributed by atoms with van der Waals surface area (Å²) in [5.74, 6) is 0.228. The maximum Gasteiger partial charge on any atom is 0.337 e. The number of halogens is 1. The van der Waals surface area contributed by atoms with Crippen molar-refractivity contribution >= 4 is 17.6 Å². The molecule has 0 bridgehead atoms. The van der Waals surface area contributed by atoms with Crippen molar-refractivity contribution in [2.45, 2.75) is 6.42 Å². The number of para-hydroxylation sites is 1. The highest BCUT2D eigenvalue weighted by molar-refractivity contribution is 6.33. The minimum Gasteiger partial charge on any atom is -0.493 e. The summed E-state index contributed by atoms with van der Waals surface area (Å²) in [6.45, 7) is 0.969. The van der Waals surface area contributed by atoms with E-state index in [1.807, 2.05) is 30.3 Å². The first-order valence-electron chi connectivity index (χ1n) is 6.50. The molecule has 0 spiro atoms. The zero-order valence-electron chi connectivity index (χ0n) is 11.3. The average molecular weight is 307 g/mol. The Kier molecular flexibility index (Phi) is 5.46. The van der Waals surface area contributed by atoms with Crippen LogP contribution >= 0.6 is 11.6 Å². The first-order valence-corrected chi connectivity index (χ1v) is 6.88. The molecule has 110 valence electrons. The van der Waals surface area contributed by atoms with Crippen LogP contribution in [0, 0.1) is 0 Å². The zero-order valence-corrected chi connectivity index (χ0v) is 12.0. The van der Waals surface area contributed by atoms with Gasteiger partial charge in [0.2, 0.25) is 0 Å². The van der Waals surface area contributed by atoms with Gasteiger partial charge in [-0.25, -0.2) is 4.79 Å². The van der Waals surface area contributed by atoms with Gasteiger partial charge in [0.05, 0.1) is 23.8 Å². The normalized spacial score (nSPS) is 10.1. The third-order valence-corrected chi connectivity index (χ3v) is 3.07. The van der Waals surface area contributed by atoms with Gasteiger partial charge in [-0.15, -0.1) is 0 Å². The molecule has 0 unspecified atom stereocenters. The van der Waals surface area contributed by atoms with E-state index in [2.05, 4.69) is 0 Å². The summed E-state index contributed by atoms with van der Waals surface area (Å²) in [6.07, 6.45) is 0.694. The molecule has 0 aromatic heterocycles. The van der Waals surface area contributed by atoms with E-state index < -0.39 is 5.97 Å². The van der Waals surface area contributed by atoms with Crippen molar-refractivity contribution in [2.75, 3.05) is 13.2 Å². The molecule has 5 heteroatoms. The first kappa shape index (κ1) is 15.2. The summed E-state index contributed by atoms with van der Waals surface area (Å²) >= 11 is 5.79. The summed E-state index contributed by atoms with van der Waals surface area (Å²) in [4.78, 5) is 10.9. The van der Waals surface area contributed by atoms with E-state index in [0.29, 0.717) is 25.4 Å². The molecule has 1 N–H and O–H groups in total.